The van der Waals surface area contributed by atoms with Crippen LogP contribution in [0.3, 0.4) is 0 Å². The lowest BCUT2D eigenvalue weighted by Gasteiger charge is -2.35. The van der Waals surface area contributed by atoms with Gasteiger partial charge in [-0.3, -0.25) is 0 Å². The normalized spacial score (nSPS) is 16.4. The quantitative estimate of drug-likeness (QED) is 0.633. The molecular weight excluding hydrogens is 409 g/mol. The molecule has 12 heteroatoms. The lowest BCUT2D eigenvalue weighted by molar-refractivity contribution is -0.141. The lowest BCUT2D eigenvalue weighted by Crippen LogP contribution is -2.49. The van der Waals surface area contributed by atoms with Crippen LogP contribution in [0.1, 0.15) is 11.3 Å². The van der Waals surface area contributed by atoms with Gasteiger partial charge in [-0.25, -0.2) is 13.4 Å². The van der Waals surface area contributed by atoms with Gasteiger partial charge in [0.05, 0.1) is 5.75 Å². The Kier molecular flexibility index (Phi) is 4.90. The molecule has 29 heavy (non-hydrogen) atoms. The van der Waals surface area contributed by atoms with Gasteiger partial charge >= 0.3 is 6.18 Å². The molecule has 0 N–H and O–H groups in total. The van der Waals surface area contributed by atoms with Crippen LogP contribution in [-0.2, 0) is 22.0 Å². The number of alkyl halides is 3. The highest BCUT2D eigenvalue weighted by Gasteiger charge is 2.35. The molecule has 0 atom stereocenters. The van der Waals surface area contributed by atoms with E-state index in [1.807, 2.05) is 6.07 Å². The zero-order chi connectivity index (χ0) is 20.6. The van der Waals surface area contributed by atoms with Crippen molar-refractivity contribution >= 4 is 21.6 Å². The van der Waals surface area contributed by atoms with Crippen LogP contribution in [0.5, 0.6) is 0 Å². The highest BCUT2D eigenvalue weighted by molar-refractivity contribution is 7.88. The number of piperazine rings is 1. The van der Waals surface area contributed by atoms with E-state index in [1.54, 1.807) is 29.2 Å². The summed E-state index contributed by atoms with van der Waals surface area (Å²) < 4.78 is 67.4. The summed E-state index contributed by atoms with van der Waals surface area (Å²) in [5.74, 6) is -0.0943. The Morgan fingerprint density at radius 2 is 1.72 bits per heavy atom. The molecule has 1 aliphatic heterocycles. The Bertz CT molecular complexity index is 1110. The topological polar surface area (TPSA) is 83.7 Å². The Hall–Kier alpha value is -2.73. The van der Waals surface area contributed by atoms with Gasteiger partial charge in [0, 0.05) is 32.2 Å². The second kappa shape index (κ2) is 7.26. The van der Waals surface area contributed by atoms with Crippen LogP contribution in [0, 0.1) is 0 Å². The van der Waals surface area contributed by atoms with Gasteiger partial charge in [0.2, 0.25) is 10.0 Å². The third-order valence-corrected chi connectivity index (χ3v) is 6.52. The molecule has 1 saturated heterocycles. The number of hydrogen-bond donors (Lipinski definition) is 0. The summed E-state index contributed by atoms with van der Waals surface area (Å²) in [6, 6.07) is 9.75. The maximum atomic E-state index is 13.2. The third kappa shape index (κ3) is 4.03. The van der Waals surface area contributed by atoms with Crippen molar-refractivity contribution in [2.75, 3.05) is 31.1 Å². The van der Waals surface area contributed by atoms with Crippen molar-refractivity contribution in [1.29, 1.82) is 0 Å². The van der Waals surface area contributed by atoms with Crippen molar-refractivity contribution in [3.05, 3.63) is 54.0 Å². The van der Waals surface area contributed by atoms with E-state index in [4.69, 9.17) is 0 Å². The first-order valence-corrected chi connectivity index (χ1v) is 10.4. The molecule has 1 fully saturated rings. The number of benzene rings is 1. The second-order valence-corrected chi connectivity index (χ2v) is 8.57. The number of rotatable bonds is 4. The number of anilines is 1. The zero-order valence-corrected chi connectivity index (χ0v) is 15.9. The maximum absolute atomic E-state index is 13.2. The molecule has 4 rings (SSSR count). The zero-order valence-electron chi connectivity index (χ0n) is 15.1. The fraction of sp³-hybridized carbons (Fsp3) is 0.353. The summed E-state index contributed by atoms with van der Waals surface area (Å²) in [5.41, 5.74) is -0.379. The van der Waals surface area contributed by atoms with Crippen LogP contribution in [0.4, 0.5) is 19.0 Å². The molecule has 0 bridgehead atoms. The summed E-state index contributed by atoms with van der Waals surface area (Å²) in [7, 11) is -3.53. The van der Waals surface area contributed by atoms with Crippen LogP contribution >= 0.6 is 0 Å². The molecule has 0 unspecified atom stereocenters. The smallest absolute Gasteiger partial charge is 0.354 e. The average Bonchev–Trinajstić information content (AvgIpc) is 3.16. The van der Waals surface area contributed by atoms with Gasteiger partial charge in [0.1, 0.15) is 12.1 Å². The van der Waals surface area contributed by atoms with Crippen LogP contribution in [0.2, 0.25) is 0 Å². The Morgan fingerprint density at radius 3 is 2.38 bits per heavy atom. The number of fused-ring (bicyclic) bond motifs is 1. The van der Waals surface area contributed by atoms with Gasteiger partial charge in [-0.05, 0) is 5.56 Å². The van der Waals surface area contributed by atoms with Gasteiger partial charge in [-0.1, -0.05) is 30.3 Å². The van der Waals surface area contributed by atoms with Crippen molar-refractivity contribution < 1.29 is 21.6 Å². The Morgan fingerprint density at radius 1 is 1.03 bits per heavy atom. The molecule has 154 valence electrons. The van der Waals surface area contributed by atoms with Crippen molar-refractivity contribution in [3.8, 4) is 0 Å². The summed E-state index contributed by atoms with van der Waals surface area (Å²) >= 11 is 0. The van der Waals surface area contributed by atoms with Crippen LogP contribution < -0.4 is 4.90 Å². The number of hydrogen-bond acceptors (Lipinski definition) is 6. The van der Waals surface area contributed by atoms with Crippen molar-refractivity contribution in [2.45, 2.75) is 11.9 Å². The molecule has 0 aliphatic carbocycles. The first-order chi connectivity index (χ1) is 13.7. The summed E-state index contributed by atoms with van der Waals surface area (Å²) in [4.78, 5) is 8.91. The second-order valence-electron chi connectivity index (χ2n) is 6.60. The van der Waals surface area contributed by atoms with Gasteiger partial charge in [0.25, 0.3) is 5.78 Å². The monoisotopic (exact) mass is 426 g/mol. The van der Waals surface area contributed by atoms with Crippen molar-refractivity contribution in [2.24, 2.45) is 0 Å². The number of sulfonamides is 1. The van der Waals surface area contributed by atoms with Gasteiger partial charge in [0.15, 0.2) is 5.69 Å². The molecule has 3 heterocycles. The molecule has 0 spiro atoms. The Labute approximate surface area is 164 Å². The van der Waals surface area contributed by atoms with E-state index in [9.17, 15) is 21.6 Å². The molecule has 0 amide bonds. The first kappa shape index (κ1) is 19.6. The van der Waals surface area contributed by atoms with Crippen molar-refractivity contribution in [3.63, 3.8) is 0 Å². The number of aromatic nitrogens is 4. The van der Waals surface area contributed by atoms with E-state index in [-0.39, 0.29) is 43.5 Å². The maximum Gasteiger partial charge on any atom is 0.433 e. The highest BCUT2D eigenvalue weighted by atomic mass is 32.2. The van der Waals surface area contributed by atoms with E-state index in [0.717, 1.165) is 12.4 Å². The molecule has 0 saturated carbocycles. The van der Waals surface area contributed by atoms with Crippen LogP contribution in [0.25, 0.3) is 5.78 Å². The first-order valence-electron chi connectivity index (χ1n) is 8.79. The van der Waals surface area contributed by atoms with Gasteiger partial charge < -0.3 is 4.90 Å². The minimum atomic E-state index is -4.62. The van der Waals surface area contributed by atoms with Crippen LogP contribution in [-0.4, -0.2) is 58.5 Å². The fourth-order valence-electron chi connectivity index (χ4n) is 3.24. The van der Waals surface area contributed by atoms with E-state index in [0.29, 0.717) is 5.56 Å². The molecule has 0 radical (unpaired) electrons. The van der Waals surface area contributed by atoms with Crippen LogP contribution in [0.15, 0.2) is 42.7 Å². The molecule has 2 aromatic heterocycles. The van der Waals surface area contributed by atoms with E-state index < -0.39 is 21.9 Å². The minimum Gasteiger partial charge on any atom is -0.354 e. The van der Waals surface area contributed by atoms with Crippen molar-refractivity contribution in [1.82, 2.24) is 23.9 Å². The van der Waals surface area contributed by atoms with E-state index in [1.165, 1.54) is 8.82 Å². The Balaban J connectivity index is 1.53. The summed E-state index contributed by atoms with van der Waals surface area (Å²) in [6.45, 7) is 0.776. The standard InChI is InChI=1S/C17H17F3N6O2S/c18-17(19,20)14-10-15(26-16(23-14)21-12-22-26)24-6-8-25(9-7-24)29(27,28)11-13-4-2-1-3-5-13/h1-5,10,12H,6-9,11H2. The predicted molar refractivity (Wildman–Crippen MR) is 98.6 cm³/mol. The molecule has 8 nitrogen and oxygen atoms in total. The largest absolute Gasteiger partial charge is 0.433 e. The lowest BCUT2D eigenvalue weighted by atomic mass is 10.2. The number of nitrogens with zero attached hydrogens (tertiary/aromatic N) is 6. The predicted octanol–water partition coefficient (Wildman–Crippen LogP) is 1.80. The average molecular weight is 426 g/mol. The van der Waals surface area contributed by atoms with E-state index >= 15 is 0 Å². The summed E-state index contributed by atoms with van der Waals surface area (Å²) in [5, 5.41) is 3.94. The minimum absolute atomic E-state index is 0.116. The SMILES string of the molecule is O=S(=O)(Cc1ccccc1)N1CCN(c2cc(C(F)(F)F)nc3ncnn23)CC1. The molecule has 1 aromatic carbocycles. The molecular formula is C17H17F3N6O2S. The number of halogens is 3. The van der Waals surface area contributed by atoms with E-state index in [2.05, 4.69) is 15.1 Å². The van der Waals surface area contributed by atoms with Gasteiger partial charge in [-0.15, -0.1) is 0 Å². The van der Waals surface area contributed by atoms with Gasteiger partial charge in [-0.2, -0.15) is 32.1 Å². The summed E-state index contributed by atoms with van der Waals surface area (Å²) in [6.07, 6.45) is -3.49. The highest BCUT2D eigenvalue weighted by Crippen LogP contribution is 2.31. The molecule has 3 aromatic rings. The molecule has 1 aliphatic rings. The third-order valence-electron chi connectivity index (χ3n) is 4.67. The fourth-order valence-corrected chi connectivity index (χ4v) is 4.75.